The number of aromatic nitrogens is 3. The van der Waals surface area contributed by atoms with E-state index in [0.717, 1.165) is 16.5 Å². The summed E-state index contributed by atoms with van der Waals surface area (Å²) in [4.78, 5) is 0. The summed E-state index contributed by atoms with van der Waals surface area (Å²) < 4.78 is 2.12. The van der Waals surface area contributed by atoms with Crippen LogP contribution < -0.4 is 0 Å². The summed E-state index contributed by atoms with van der Waals surface area (Å²) in [5.74, 6) is 0.322. The van der Waals surface area contributed by atoms with Gasteiger partial charge in [-0.3, -0.25) is 9.67 Å². The van der Waals surface area contributed by atoms with Crippen LogP contribution in [-0.2, 0) is 0 Å². The van der Waals surface area contributed by atoms with Gasteiger partial charge in [0.1, 0.15) is 11.5 Å². The number of nitrogens with one attached hydrogen (secondary N) is 1. The Hall–Kier alpha value is -2.83. The number of phenolic OH excluding ortho intramolecular Hbond substituents is 2. The van der Waals surface area contributed by atoms with Crippen molar-refractivity contribution in [3.63, 3.8) is 0 Å². The van der Waals surface area contributed by atoms with E-state index in [1.807, 2.05) is 30.3 Å². The molecule has 0 atom stereocenters. The van der Waals surface area contributed by atoms with Crippen molar-refractivity contribution in [3.05, 3.63) is 64.4 Å². The molecule has 0 spiro atoms. The fraction of sp³-hybridized carbons (Fsp3) is 0. The molecular weight excluding hydrogens is 358 g/mol. The third-order valence-corrected chi connectivity index (χ3v) is 4.59. The van der Waals surface area contributed by atoms with Crippen molar-refractivity contribution in [1.82, 2.24) is 14.8 Å². The molecule has 3 N–H and O–H groups in total. The Morgan fingerprint density at radius 2 is 1.76 bits per heavy atom. The van der Waals surface area contributed by atoms with E-state index in [2.05, 4.69) is 10.2 Å². The Bertz CT molecular complexity index is 1170. The molecule has 0 saturated carbocycles. The van der Waals surface area contributed by atoms with Crippen molar-refractivity contribution < 1.29 is 10.2 Å². The van der Waals surface area contributed by atoms with Crippen LogP contribution in [0.2, 0.25) is 5.02 Å². The van der Waals surface area contributed by atoms with Gasteiger partial charge in [0.25, 0.3) is 0 Å². The molecule has 0 bridgehead atoms. The first-order valence-electron chi connectivity index (χ1n) is 7.43. The molecule has 124 valence electrons. The van der Waals surface area contributed by atoms with Crippen LogP contribution in [0.4, 0.5) is 0 Å². The van der Waals surface area contributed by atoms with Crippen molar-refractivity contribution in [3.8, 4) is 28.6 Å². The van der Waals surface area contributed by atoms with Crippen molar-refractivity contribution in [2.45, 2.75) is 0 Å². The molecule has 4 rings (SSSR count). The molecular formula is C18H12ClN3O2S. The number of fused-ring (bicyclic) bond motifs is 1. The van der Waals surface area contributed by atoms with Crippen LogP contribution in [-0.4, -0.2) is 25.0 Å². The van der Waals surface area contributed by atoms with E-state index >= 15 is 0 Å². The summed E-state index contributed by atoms with van der Waals surface area (Å²) in [6.07, 6.45) is 0. The predicted octanol–water partition coefficient (Wildman–Crippen LogP) is 4.81. The summed E-state index contributed by atoms with van der Waals surface area (Å²) in [6.45, 7) is 0. The molecule has 0 aliphatic heterocycles. The average Bonchev–Trinajstić information content (AvgIpc) is 2.97. The van der Waals surface area contributed by atoms with Crippen LogP contribution in [0.1, 0.15) is 0 Å². The van der Waals surface area contributed by atoms with Gasteiger partial charge in [0.05, 0.1) is 11.3 Å². The normalized spacial score (nSPS) is 11.1. The van der Waals surface area contributed by atoms with Gasteiger partial charge < -0.3 is 10.2 Å². The molecule has 0 unspecified atom stereocenters. The van der Waals surface area contributed by atoms with Crippen LogP contribution in [0.25, 0.3) is 27.8 Å². The molecule has 0 amide bonds. The lowest BCUT2D eigenvalue weighted by molar-refractivity contribution is 0.451. The van der Waals surface area contributed by atoms with Gasteiger partial charge in [0, 0.05) is 21.9 Å². The van der Waals surface area contributed by atoms with Gasteiger partial charge in [-0.1, -0.05) is 35.9 Å². The lowest BCUT2D eigenvalue weighted by Gasteiger charge is -2.12. The maximum Gasteiger partial charge on any atom is 0.200 e. The van der Waals surface area contributed by atoms with E-state index in [1.54, 1.807) is 16.7 Å². The Kier molecular flexibility index (Phi) is 3.71. The number of rotatable bonds is 2. The van der Waals surface area contributed by atoms with E-state index in [1.165, 1.54) is 12.1 Å². The topological polar surface area (TPSA) is 74.1 Å². The Morgan fingerprint density at radius 1 is 1.00 bits per heavy atom. The smallest absolute Gasteiger partial charge is 0.200 e. The molecule has 1 aromatic heterocycles. The van der Waals surface area contributed by atoms with Gasteiger partial charge in [-0.05, 0) is 36.5 Å². The highest BCUT2D eigenvalue weighted by Crippen LogP contribution is 2.35. The lowest BCUT2D eigenvalue weighted by atomic mass is 10.1. The fourth-order valence-corrected chi connectivity index (χ4v) is 3.31. The molecule has 0 aliphatic rings. The van der Waals surface area contributed by atoms with Gasteiger partial charge in [-0.25, -0.2) is 0 Å². The van der Waals surface area contributed by atoms with Crippen LogP contribution in [0.15, 0.2) is 54.6 Å². The summed E-state index contributed by atoms with van der Waals surface area (Å²) in [5, 5.41) is 29.2. The molecule has 1 heterocycles. The average molecular weight is 370 g/mol. The molecule has 4 aromatic rings. The molecule has 0 saturated heterocycles. The maximum absolute atomic E-state index is 10.2. The number of hydrogen-bond donors (Lipinski definition) is 3. The first kappa shape index (κ1) is 15.7. The van der Waals surface area contributed by atoms with Gasteiger partial charge >= 0.3 is 0 Å². The second kappa shape index (κ2) is 5.91. The highest BCUT2D eigenvalue weighted by molar-refractivity contribution is 7.71. The summed E-state index contributed by atoms with van der Waals surface area (Å²) in [7, 11) is 0. The standard InChI is InChI=1S/C18H12ClN3O2S/c19-14-7-8-15(12-4-2-1-3-11(12)14)22-17(20-21-18(22)25)13-6-5-10(23)9-16(13)24/h1-9,23-24H,(H,21,25). The van der Waals surface area contributed by atoms with Crippen molar-refractivity contribution in [1.29, 1.82) is 0 Å². The third-order valence-electron chi connectivity index (χ3n) is 3.98. The zero-order chi connectivity index (χ0) is 17.6. The molecule has 0 fully saturated rings. The van der Waals surface area contributed by atoms with E-state index < -0.39 is 0 Å². The molecule has 25 heavy (non-hydrogen) atoms. The highest BCUT2D eigenvalue weighted by Gasteiger charge is 2.17. The van der Waals surface area contributed by atoms with Crippen LogP contribution in [0, 0.1) is 4.77 Å². The summed E-state index contributed by atoms with van der Waals surface area (Å²) >= 11 is 11.7. The first-order chi connectivity index (χ1) is 12.1. The molecule has 3 aromatic carbocycles. The van der Waals surface area contributed by atoms with Crippen LogP contribution in [0.5, 0.6) is 11.5 Å². The zero-order valence-corrected chi connectivity index (χ0v) is 14.3. The van der Waals surface area contributed by atoms with E-state index in [9.17, 15) is 10.2 Å². The Balaban J connectivity index is 2.04. The van der Waals surface area contributed by atoms with E-state index in [0.29, 0.717) is 21.2 Å². The second-order valence-corrected chi connectivity index (χ2v) is 6.30. The number of nitrogens with zero attached hydrogens (tertiary/aromatic N) is 2. The number of hydrogen-bond acceptors (Lipinski definition) is 4. The largest absolute Gasteiger partial charge is 0.508 e. The molecule has 0 aliphatic carbocycles. The Labute approximate surface area is 152 Å². The predicted molar refractivity (Wildman–Crippen MR) is 100 cm³/mol. The third kappa shape index (κ3) is 2.56. The quantitative estimate of drug-likeness (QED) is 0.443. The highest BCUT2D eigenvalue weighted by atomic mass is 35.5. The van der Waals surface area contributed by atoms with Gasteiger partial charge in [0.2, 0.25) is 0 Å². The maximum atomic E-state index is 10.2. The van der Waals surface area contributed by atoms with Gasteiger partial charge in [-0.2, -0.15) is 5.10 Å². The zero-order valence-electron chi connectivity index (χ0n) is 12.8. The minimum Gasteiger partial charge on any atom is -0.508 e. The van der Waals surface area contributed by atoms with Crippen molar-refractivity contribution in [2.24, 2.45) is 0 Å². The van der Waals surface area contributed by atoms with Crippen LogP contribution in [0.3, 0.4) is 0 Å². The summed E-state index contributed by atoms with van der Waals surface area (Å²) in [6, 6.07) is 15.7. The monoisotopic (exact) mass is 369 g/mol. The minimum atomic E-state index is -0.0893. The minimum absolute atomic E-state index is 0.0288. The van der Waals surface area contributed by atoms with Crippen molar-refractivity contribution >= 4 is 34.6 Å². The van der Waals surface area contributed by atoms with Gasteiger partial charge in [0.15, 0.2) is 10.6 Å². The lowest BCUT2D eigenvalue weighted by Crippen LogP contribution is -1.99. The first-order valence-corrected chi connectivity index (χ1v) is 8.22. The van der Waals surface area contributed by atoms with E-state index in [4.69, 9.17) is 23.8 Å². The Morgan fingerprint density at radius 3 is 2.52 bits per heavy atom. The second-order valence-electron chi connectivity index (χ2n) is 5.50. The number of halogens is 1. The van der Waals surface area contributed by atoms with E-state index in [-0.39, 0.29) is 11.5 Å². The summed E-state index contributed by atoms with van der Waals surface area (Å²) in [5.41, 5.74) is 1.24. The van der Waals surface area contributed by atoms with Crippen molar-refractivity contribution in [2.75, 3.05) is 0 Å². The molecule has 5 nitrogen and oxygen atoms in total. The number of phenols is 2. The van der Waals surface area contributed by atoms with Gasteiger partial charge in [-0.15, -0.1) is 0 Å². The molecule has 0 radical (unpaired) electrons. The number of aromatic amines is 1. The number of benzene rings is 3. The fourth-order valence-electron chi connectivity index (χ4n) is 2.85. The number of aromatic hydroxyl groups is 2. The molecule has 7 heteroatoms. The van der Waals surface area contributed by atoms with Crippen LogP contribution >= 0.6 is 23.8 Å². The number of H-pyrrole nitrogens is 1. The SMILES string of the molecule is Oc1ccc(-c2n[nH]c(=S)n2-c2ccc(Cl)c3ccccc23)c(O)c1.